The van der Waals surface area contributed by atoms with Gasteiger partial charge in [0.1, 0.15) is 23.1 Å². The van der Waals surface area contributed by atoms with Gasteiger partial charge in [0.15, 0.2) is 0 Å². The van der Waals surface area contributed by atoms with Crippen LogP contribution in [0, 0.1) is 6.92 Å². The normalized spacial score (nSPS) is 12.8. The molecule has 0 aliphatic heterocycles. The summed E-state index contributed by atoms with van der Waals surface area (Å²) < 4.78 is 14.2. The minimum absolute atomic E-state index is 0.106. The standard InChI is InChI=1S/C23H26N4O3S2/c1-3-11-24-22(29)20-17-9-4-5-10-19(17)31-23(20)25-21(28)15-7-6-8-16(12-15)30-13-18-14(2)26-32-27-18/h6-8,12H,3-5,9-11,13H2,1-2H3,(H,24,29)(H,25,28). The number of ether oxygens (including phenoxy) is 1. The third-order valence-corrected chi connectivity index (χ3v) is 7.24. The number of fused-ring (bicyclic) bond motifs is 1. The number of rotatable bonds is 8. The van der Waals surface area contributed by atoms with Gasteiger partial charge in [0, 0.05) is 17.0 Å². The quantitative estimate of drug-likeness (QED) is 0.495. The third kappa shape index (κ3) is 4.99. The number of hydrogen-bond acceptors (Lipinski definition) is 7. The lowest BCUT2D eigenvalue weighted by atomic mass is 9.95. The van der Waals surface area contributed by atoms with Gasteiger partial charge in [0.2, 0.25) is 0 Å². The number of aromatic nitrogens is 2. The summed E-state index contributed by atoms with van der Waals surface area (Å²) in [6.07, 6.45) is 4.88. The molecule has 2 heterocycles. The van der Waals surface area contributed by atoms with Crippen molar-refractivity contribution < 1.29 is 14.3 Å². The summed E-state index contributed by atoms with van der Waals surface area (Å²) >= 11 is 2.68. The predicted molar refractivity (Wildman–Crippen MR) is 127 cm³/mol. The fourth-order valence-corrected chi connectivity index (χ4v) is 5.49. The Hall–Kier alpha value is -2.78. The van der Waals surface area contributed by atoms with E-state index in [4.69, 9.17) is 4.74 Å². The molecular formula is C23H26N4O3S2. The number of carbonyl (C=O) groups excluding carboxylic acids is 2. The Bertz CT molecular complexity index is 1120. The van der Waals surface area contributed by atoms with Crippen LogP contribution in [0.25, 0.3) is 0 Å². The van der Waals surface area contributed by atoms with Crippen LogP contribution >= 0.6 is 23.1 Å². The van der Waals surface area contributed by atoms with E-state index in [1.807, 2.05) is 13.8 Å². The molecule has 0 radical (unpaired) electrons. The van der Waals surface area contributed by atoms with E-state index in [1.165, 1.54) is 16.2 Å². The summed E-state index contributed by atoms with van der Waals surface area (Å²) in [5, 5.41) is 6.59. The molecule has 1 aromatic carbocycles. The zero-order chi connectivity index (χ0) is 22.5. The highest BCUT2D eigenvalue weighted by Crippen LogP contribution is 2.38. The number of nitrogens with zero attached hydrogens (tertiary/aromatic N) is 2. The van der Waals surface area contributed by atoms with E-state index in [0.717, 1.165) is 60.8 Å². The van der Waals surface area contributed by atoms with E-state index < -0.39 is 0 Å². The van der Waals surface area contributed by atoms with Crippen molar-refractivity contribution in [2.24, 2.45) is 0 Å². The van der Waals surface area contributed by atoms with Gasteiger partial charge in [-0.25, -0.2) is 0 Å². The Morgan fingerprint density at radius 3 is 2.78 bits per heavy atom. The first-order valence-corrected chi connectivity index (χ1v) is 12.4. The summed E-state index contributed by atoms with van der Waals surface area (Å²) in [4.78, 5) is 27.1. The first-order chi connectivity index (χ1) is 15.6. The number of anilines is 1. The highest BCUT2D eigenvalue weighted by Gasteiger charge is 2.26. The molecule has 2 N–H and O–H groups in total. The number of benzene rings is 1. The average Bonchev–Trinajstić information content (AvgIpc) is 3.38. The van der Waals surface area contributed by atoms with Gasteiger partial charge in [0.25, 0.3) is 11.8 Å². The molecule has 1 aliphatic rings. The Balaban J connectivity index is 1.52. The molecule has 4 rings (SSSR count). The molecule has 0 saturated heterocycles. The zero-order valence-corrected chi connectivity index (χ0v) is 19.8. The smallest absolute Gasteiger partial charge is 0.256 e. The SMILES string of the molecule is CCCNC(=O)c1c(NC(=O)c2cccc(OCc3nsnc3C)c2)sc2c1CCCC2. The molecule has 32 heavy (non-hydrogen) atoms. The maximum atomic E-state index is 13.0. The van der Waals surface area contributed by atoms with Crippen molar-refractivity contribution >= 4 is 39.9 Å². The summed E-state index contributed by atoms with van der Waals surface area (Å²) in [5.41, 5.74) is 3.83. The lowest BCUT2D eigenvalue weighted by molar-refractivity contribution is 0.0954. The number of nitrogens with one attached hydrogen (secondary N) is 2. The first kappa shape index (κ1) is 22.4. The van der Waals surface area contributed by atoms with Crippen molar-refractivity contribution in [2.45, 2.75) is 52.6 Å². The molecule has 0 saturated carbocycles. The monoisotopic (exact) mass is 470 g/mol. The maximum Gasteiger partial charge on any atom is 0.256 e. The minimum atomic E-state index is -0.259. The fourth-order valence-electron chi connectivity index (χ4n) is 3.66. The third-order valence-electron chi connectivity index (χ3n) is 5.38. The Kier molecular flexibility index (Phi) is 7.16. The molecule has 3 aromatic rings. The highest BCUT2D eigenvalue weighted by molar-refractivity contribution is 7.17. The van der Waals surface area contributed by atoms with Gasteiger partial charge >= 0.3 is 0 Å². The Labute approximate surface area is 195 Å². The van der Waals surface area contributed by atoms with E-state index >= 15 is 0 Å². The van der Waals surface area contributed by atoms with E-state index in [1.54, 1.807) is 24.3 Å². The second-order valence-corrected chi connectivity index (χ2v) is 9.37. The van der Waals surface area contributed by atoms with Crippen LogP contribution < -0.4 is 15.4 Å². The molecule has 0 atom stereocenters. The van der Waals surface area contributed by atoms with E-state index in [-0.39, 0.29) is 11.8 Å². The lowest BCUT2D eigenvalue weighted by Gasteiger charge is -2.13. The van der Waals surface area contributed by atoms with Gasteiger partial charge in [-0.05, 0) is 62.8 Å². The molecule has 9 heteroatoms. The predicted octanol–water partition coefficient (Wildman–Crippen LogP) is 4.76. The second-order valence-electron chi connectivity index (χ2n) is 7.74. The summed E-state index contributed by atoms with van der Waals surface area (Å²) in [6.45, 7) is 4.82. The fraction of sp³-hybridized carbons (Fsp3) is 0.391. The lowest BCUT2D eigenvalue weighted by Crippen LogP contribution is -2.26. The van der Waals surface area contributed by atoms with Crippen LogP contribution in [0.4, 0.5) is 5.00 Å². The number of amides is 2. The van der Waals surface area contributed by atoms with Gasteiger partial charge in [-0.15, -0.1) is 11.3 Å². The molecule has 0 fully saturated rings. The Morgan fingerprint density at radius 2 is 2.00 bits per heavy atom. The van der Waals surface area contributed by atoms with Crippen molar-refractivity contribution in [3.05, 3.63) is 57.2 Å². The van der Waals surface area contributed by atoms with Crippen LogP contribution in [-0.2, 0) is 19.4 Å². The molecule has 2 amide bonds. The maximum absolute atomic E-state index is 13.0. The number of carbonyl (C=O) groups is 2. The number of aryl methyl sites for hydroxylation is 2. The van der Waals surface area contributed by atoms with E-state index in [9.17, 15) is 9.59 Å². The van der Waals surface area contributed by atoms with Crippen molar-refractivity contribution in [2.75, 3.05) is 11.9 Å². The van der Waals surface area contributed by atoms with Gasteiger partial charge in [-0.2, -0.15) is 8.75 Å². The molecular weight excluding hydrogens is 444 g/mol. The van der Waals surface area contributed by atoms with E-state index in [2.05, 4.69) is 19.4 Å². The minimum Gasteiger partial charge on any atom is -0.487 e. The summed E-state index contributed by atoms with van der Waals surface area (Å²) in [6, 6.07) is 7.03. The second kappa shape index (κ2) is 10.2. The summed E-state index contributed by atoms with van der Waals surface area (Å²) in [7, 11) is 0. The van der Waals surface area contributed by atoms with Crippen LogP contribution in [-0.4, -0.2) is 27.1 Å². The van der Waals surface area contributed by atoms with E-state index in [0.29, 0.717) is 35.0 Å². The topological polar surface area (TPSA) is 93.2 Å². The van der Waals surface area contributed by atoms with Crippen molar-refractivity contribution in [3.63, 3.8) is 0 Å². The number of thiophene rings is 1. The largest absolute Gasteiger partial charge is 0.487 e. The van der Waals surface area contributed by atoms with Crippen LogP contribution in [0.1, 0.15) is 68.7 Å². The molecule has 1 aliphatic carbocycles. The van der Waals surface area contributed by atoms with Crippen LogP contribution in [0.5, 0.6) is 5.75 Å². The highest BCUT2D eigenvalue weighted by atomic mass is 32.1. The van der Waals surface area contributed by atoms with Crippen LogP contribution in [0.3, 0.4) is 0 Å². The van der Waals surface area contributed by atoms with Gasteiger partial charge in [-0.3, -0.25) is 9.59 Å². The molecule has 0 unspecified atom stereocenters. The molecule has 168 valence electrons. The first-order valence-electron chi connectivity index (χ1n) is 10.8. The van der Waals surface area contributed by atoms with Gasteiger partial charge in [-0.1, -0.05) is 13.0 Å². The van der Waals surface area contributed by atoms with Crippen molar-refractivity contribution in [1.29, 1.82) is 0 Å². The van der Waals surface area contributed by atoms with Crippen LogP contribution in [0.15, 0.2) is 24.3 Å². The van der Waals surface area contributed by atoms with Gasteiger partial charge < -0.3 is 15.4 Å². The van der Waals surface area contributed by atoms with Crippen LogP contribution in [0.2, 0.25) is 0 Å². The Morgan fingerprint density at radius 1 is 1.16 bits per heavy atom. The summed E-state index contributed by atoms with van der Waals surface area (Å²) in [5.74, 6) is 0.215. The molecule has 7 nitrogen and oxygen atoms in total. The van der Waals surface area contributed by atoms with Crippen molar-refractivity contribution in [1.82, 2.24) is 14.1 Å². The van der Waals surface area contributed by atoms with Crippen molar-refractivity contribution in [3.8, 4) is 5.75 Å². The van der Waals surface area contributed by atoms with Gasteiger partial charge in [0.05, 0.1) is 23.0 Å². The molecule has 2 aromatic heterocycles. The zero-order valence-electron chi connectivity index (χ0n) is 18.2. The molecule has 0 bridgehead atoms. The average molecular weight is 471 g/mol. The molecule has 0 spiro atoms. The number of hydrogen-bond donors (Lipinski definition) is 2.